The summed E-state index contributed by atoms with van der Waals surface area (Å²) in [5.74, 6) is 1.50. The van der Waals surface area contributed by atoms with Gasteiger partial charge < -0.3 is 14.2 Å². The third-order valence-corrected chi connectivity index (χ3v) is 3.69. The summed E-state index contributed by atoms with van der Waals surface area (Å²) in [5.41, 5.74) is -0.113. The van der Waals surface area contributed by atoms with Crippen molar-refractivity contribution >= 4 is 5.91 Å². The van der Waals surface area contributed by atoms with Gasteiger partial charge in [0.1, 0.15) is 0 Å². The van der Waals surface area contributed by atoms with E-state index in [2.05, 4.69) is 10.1 Å². The van der Waals surface area contributed by atoms with E-state index in [4.69, 9.17) is 9.26 Å². The molecule has 0 aromatic carbocycles. The van der Waals surface area contributed by atoms with Crippen LogP contribution in [0, 0.1) is 0 Å². The van der Waals surface area contributed by atoms with Gasteiger partial charge in [-0.15, -0.1) is 0 Å². The lowest BCUT2D eigenvalue weighted by Gasteiger charge is -2.35. The molecule has 1 aliphatic heterocycles. The molecule has 0 saturated carbocycles. The molecular weight excluding hydrogens is 282 g/mol. The van der Waals surface area contributed by atoms with Gasteiger partial charge in [-0.05, 0) is 20.3 Å². The van der Waals surface area contributed by atoms with Gasteiger partial charge in [-0.3, -0.25) is 4.79 Å². The molecule has 22 heavy (non-hydrogen) atoms. The number of ether oxygens (including phenoxy) is 1. The third kappa shape index (κ3) is 4.53. The second-order valence-corrected chi connectivity index (χ2v) is 7.17. The first-order valence-corrected chi connectivity index (χ1v) is 8.02. The zero-order chi connectivity index (χ0) is 16.3. The van der Waals surface area contributed by atoms with Crippen molar-refractivity contribution in [2.24, 2.45) is 0 Å². The molecule has 124 valence electrons. The van der Waals surface area contributed by atoms with E-state index >= 15 is 0 Å². The van der Waals surface area contributed by atoms with Crippen molar-refractivity contribution in [2.75, 3.05) is 13.1 Å². The van der Waals surface area contributed by atoms with E-state index in [0.29, 0.717) is 37.6 Å². The number of morpholine rings is 1. The van der Waals surface area contributed by atoms with Gasteiger partial charge in [-0.1, -0.05) is 25.9 Å². The van der Waals surface area contributed by atoms with Gasteiger partial charge in [0.15, 0.2) is 5.82 Å². The Balaban J connectivity index is 1.78. The molecule has 1 aromatic rings. The number of aryl methyl sites for hydroxylation is 1. The summed E-state index contributed by atoms with van der Waals surface area (Å²) in [7, 11) is 0. The Morgan fingerprint density at radius 3 is 2.45 bits per heavy atom. The maximum absolute atomic E-state index is 12.2. The van der Waals surface area contributed by atoms with Gasteiger partial charge >= 0.3 is 0 Å². The molecule has 6 heteroatoms. The summed E-state index contributed by atoms with van der Waals surface area (Å²) in [6.07, 6.45) is 2.10. The lowest BCUT2D eigenvalue weighted by atomic mass is 9.96. The molecule has 1 aromatic heterocycles. The van der Waals surface area contributed by atoms with Crippen LogP contribution in [0.5, 0.6) is 0 Å². The predicted octanol–water partition coefficient (Wildman–Crippen LogP) is 2.33. The molecule has 0 N–H and O–H groups in total. The Kier molecular flexibility index (Phi) is 5.21. The van der Waals surface area contributed by atoms with Crippen LogP contribution in [0.4, 0.5) is 0 Å². The van der Waals surface area contributed by atoms with Crippen LogP contribution in [-0.2, 0) is 21.4 Å². The minimum atomic E-state index is -0.113. The second kappa shape index (κ2) is 6.77. The van der Waals surface area contributed by atoms with E-state index in [1.54, 1.807) is 0 Å². The van der Waals surface area contributed by atoms with Crippen LogP contribution in [0.2, 0.25) is 0 Å². The summed E-state index contributed by atoms with van der Waals surface area (Å²) in [6.45, 7) is 11.5. The first-order chi connectivity index (χ1) is 10.3. The van der Waals surface area contributed by atoms with E-state index in [0.717, 1.165) is 6.42 Å². The van der Waals surface area contributed by atoms with Crippen molar-refractivity contribution < 1.29 is 14.1 Å². The molecule has 0 bridgehead atoms. The minimum Gasteiger partial charge on any atom is -0.372 e. The Hall–Kier alpha value is -1.43. The number of nitrogens with zero attached hydrogens (tertiary/aromatic N) is 3. The fourth-order valence-electron chi connectivity index (χ4n) is 2.59. The molecule has 0 spiro atoms. The molecular formula is C16H27N3O3. The van der Waals surface area contributed by atoms with Crippen LogP contribution >= 0.6 is 0 Å². The summed E-state index contributed by atoms with van der Waals surface area (Å²) in [6, 6.07) is 0. The van der Waals surface area contributed by atoms with Crippen LogP contribution < -0.4 is 0 Å². The summed E-state index contributed by atoms with van der Waals surface area (Å²) in [5, 5.41) is 4.00. The van der Waals surface area contributed by atoms with E-state index in [9.17, 15) is 4.79 Å². The van der Waals surface area contributed by atoms with Gasteiger partial charge in [-0.2, -0.15) is 4.98 Å². The lowest BCUT2D eigenvalue weighted by molar-refractivity contribution is -0.143. The lowest BCUT2D eigenvalue weighted by Crippen LogP contribution is -2.48. The number of hydrogen-bond donors (Lipinski definition) is 0. The van der Waals surface area contributed by atoms with Crippen molar-refractivity contribution in [3.05, 3.63) is 11.7 Å². The zero-order valence-electron chi connectivity index (χ0n) is 14.3. The van der Waals surface area contributed by atoms with Crippen LogP contribution in [0.1, 0.15) is 59.2 Å². The van der Waals surface area contributed by atoms with Gasteiger partial charge in [-0.25, -0.2) is 0 Å². The quantitative estimate of drug-likeness (QED) is 0.854. The number of rotatable bonds is 4. The Labute approximate surface area is 132 Å². The standard InChI is InChI=1S/C16H27N3O3/c1-11-9-19(10-12(2)21-11)14(20)8-6-7-13-17-15(18-22-13)16(3,4)5/h11-12H,6-10H2,1-5H3/t11-,12-/m0/s1. The summed E-state index contributed by atoms with van der Waals surface area (Å²) < 4.78 is 10.9. The Morgan fingerprint density at radius 2 is 1.91 bits per heavy atom. The van der Waals surface area contributed by atoms with Crippen LogP contribution in [0.25, 0.3) is 0 Å². The van der Waals surface area contributed by atoms with Crippen LogP contribution in [-0.4, -0.2) is 46.2 Å². The molecule has 1 fully saturated rings. The molecule has 1 saturated heterocycles. The van der Waals surface area contributed by atoms with Gasteiger partial charge in [0.05, 0.1) is 12.2 Å². The molecule has 6 nitrogen and oxygen atoms in total. The van der Waals surface area contributed by atoms with Gasteiger partial charge in [0.25, 0.3) is 0 Å². The van der Waals surface area contributed by atoms with Crippen molar-refractivity contribution in [1.29, 1.82) is 0 Å². The number of carbonyl (C=O) groups excluding carboxylic acids is 1. The molecule has 2 atom stereocenters. The van der Waals surface area contributed by atoms with Gasteiger partial charge in [0, 0.05) is 31.3 Å². The molecule has 0 radical (unpaired) electrons. The average Bonchev–Trinajstić information content (AvgIpc) is 2.86. The third-order valence-electron chi connectivity index (χ3n) is 3.69. The van der Waals surface area contributed by atoms with Gasteiger partial charge in [0.2, 0.25) is 11.8 Å². The number of amides is 1. The molecule has 1 aliphatic rings. The van der Waals surface area contributed by atoms with Crippen LogP contribution in [0.15, 0.2) is 4.52 Å². The van der Waals surface area contributed by atoms with Crippen molar-refractivity contribution in [3.8, 4) is 0 Å². The first-order valence-electron chi connectivity index (χ1n) is 8.02. The highest BCUT2D eigenvalue weighted by molar-refractivity contribution is 5.76. The summed E-state index contributed by atoms with van der Waals surface area (Å²) in [4.78, 5) is 18.5. The predicted molar refractivity (Wildman–Crippen MR) is 82.5 cm³/mol. The summed E-state index contributed by atoms with van der Waals surface area (Å²) >= 11 is 0. The van der Waals surface area contributed by atoms with E-state index in [-0.39, 0.29) is 23.5 Å². The number of hydrogen-bond acceptors (Lipinski definition) is 5. The minimum absolute atomic E-state index is 0.109. The number of carbonyl (C=O) groups is 1. The van der Waals surface area contributed by atoms with E-state index < -0.39 is 0 Å². The molecule has 1 amide bonds. The Morgan fingerprint density at radius 1 is 1.27 bits per heavy atom. The normalized spacial score (nSPS) is 22.9. The largest absolute Gasteiger partial charge is 0.372 e. The average molecular weight is 309 g/mol. The van der Waals surface area contributed by atoms with E-state index in [1.807, 2.05) is 39.5 Å². The van der Waals surface area contributed by atoms with Crippen molar-refractivity contribution in [1.82, 2.24) is 15.0 Å². The highest BCUT2D eigenvalue weighted by Gasteiger charge is 2.25. The fourth-order valence-corrected chi connectivity index (χ4v) is 2.59. The monoisotopic (exact) mass is 309 g/mol. The zero-order valence-corrected chi connectivity index (χ0v) is 14.3. The van der Waals surface area contributed by atoms with Crippen molar-refractivity contribution in [2.45, 2.75) is 71.5 Å². The SMILES string of the molecule is C[C@H]1CN(C(=O)CCCc2nc(C(C)(C)C)no2)C[C@H](C)O1. The molecule has 2 heterocycles. The highest BCUT2D eigenvalue weighted by Crippen LogP contribution is 2.19. The molecule has 2 rings (SSSR count). The van der Waals surface area contributed by atoms with Crippen LogP contribution in [0.3, 0.4) is 0 Å². The molecule has 0 unspecified atom stereocenters. The number of aromatic nitrogens is 2. The second-order valence-electron chi connectivity index (χ2n) is 7.17. The highest BCUT2D eigenvalue weighted by atomic mass is 16.5. The topological polar surface area (TPSA) is 68.5 Å². The maximum Gasteiger partial charge on any atom is 0.226 e. The maximum atomic E-state index is 12.2. The van der Waals surface area contributed by atoms with E-state index in [1.165, 1.54) is 0 Å². The Bertz CT molecular complexity index is 497. The van der Waals surface area contributed by atoms with Crippen molar-refractivity contribution in [3.63, 3.8) is 0 Å². The molecule has 0 aliphatic carbocycles. The smallest absolute Gasteiger partial charge is 0.226 e. The fraction of sp³-hybridized carbons (Fsp3) is 0.812. The first kappa shape index (κ1) is 16.9.